The van der Waals surface area contributed by atoms with Crippen LogP contribution >= 0.6 is 0 Å². The van der Waals surface area contributed by atoms with Gasteiger partial charge in [-0.1, -0.05) is 65.0 Å². The molecule has 170 valence electrons. The topological polar surface area (TPSA) is 106 Å². The van der Waals surface area contributed by atoms with Crippen molar-refractivity contribution < 1.29 is 20.1 Å². The van der Waals surface area contributed by atoms with Crippen LogP contribution in [0.1, 0.15) is 0 Å². The maximum absolute atomic E-state index is 4.45. The maximum Gasteiger partial charge on any atom is 3.00 e. The Morgan fingerprint density at radius 1 is 0.543 bits per heavy atom. The summed E-state index contributed by atoms with van der Waals surface area (Å²) >= 11 is 0. The van der Waals surface area contributed by atoms with Crippen LogP contribution in [0.4, 0.5) is 0 Å². The van der Waals surface area contributed by atoms with Gasteiger partial charge in [-0.2, -0.15) is 0 Å². The molecular formula is C26H17IrN8. The Labute approximate surface area is 215 Å². The Hall–Kier alpha value is -4.33. The van der Waals surface area contributed by atoms with E-state index < -0.39 is 0 Å². The standard InChI is InChI=1S/C15H10N3.C11H7N5.Ir/c1-3-7-17-14(5-1)12-9-13(11-16-10-12)15-6-2-4-8-18-15;1-2-8(10-4-6-12-15-10)14-9(3-1)11-5-7-13-16-11;/h1-8,10-11H;1-7H;/q-1;-2;+3. The molecule has 0 aromatic carbocycles. The first-order valence-electron chi connectivity index (χ1n) is 10.4. The zero-order valence-corrected chi connectivity index (χ0v) is 20.6. The first-order valence-corrected chi connectivity index (χ1v) is 10.4. The van der Waals surface area contributed by atoms with E-state index in [1.807, 2.05) is 66.7 Å². The van der Waals surface area contributed by atoms with E-state index in [0.717, 1.165) is 45.3 Å². The van der Waals surface area contributed by atoms with Crippen molar-refractivity contribution in [2.75, 3.05) is 0 Å². The SMILES string of the molecule is [Ir+3].[c-]1c(-c2ccccn2)cncc1-c1ccccn1.c1cc(-c2ccn[n-]2)nc(-c2ccn[n-]2)c1. The molecule has 0 unspecified atom stereocenters. The van der Waals surface area contributed by atoms with Crippen LogP contribution in [0, 0.1) is 6.07 Å². The summed E-state index contributed by atoms with van der Waals surface area (Å²) in [5.74, 6) is 0. The van der Waals surface area contributed by atoms with Gasteiger partial charge in [-0.3, -0.25) is 15.0 Å². The van der Waals surface area contributed by atoms with Gasteiger partial charge in [0.05, 0.1) is 11.4 Å². The van der Waals surface area contributed by atoms with Crippen molar-refractivity contribution in [3.63, 3.8) is 0 Å². The van der Waals surface area contributed by atoms with Gasteiger partial charge in [0.1, 0.15) is 0 Å². The van der Waals surface area contributed by atoms with E-state index in [2.05, 4.69) is 46.4 Å². The van der Waals surface area contributed by atoms with Crippen LogP contribution in [0.25, 0.3) is 45.3 Å². The normalized spacial score (nSPS) is 10.1. The smallest absolute Gasteiger partial charge is 0.574 e. The van der Waals surface area contributed by atoms with Gasteiger partial charge in [-0.25, -0.2) is 0 Å². The Bertz CT molecular complexity index is 1330. The molecule has 0 N–H and O–H groups in total. The van der Waals surface area contributed by atoms with Crippen molar-refractivity contribution in [1.82, 2.24) is 40.3 Å². The third-order valence-electron chi connectivity index (χ3n) is 4.76. The van der Waals surface area contributed by atoms with Gasteiger partial charge in [-0.05, 0) is 36.7 Å². The summed E-state index contributed by atoms with van der Waals surface area (Å²) in [7, 11) is 0. The second kappa shape index (κ2) is 11.7. The van der Waals surface area contributed by atoms with Crippen LogP contribution in [-0.2, 0) is 20.1 Å². The molecule has 6 aromatic heterocycles. The van der Waals surface area contributed by atoms with Gasteiger partial charge in [0.2, 0.25) is 0 Å². The summed E-state index contributed by atoms with van der Waals surface area (Å²) < 4.78 is 0. The number of hydrogen-bond donors (Lipinski definition) is 0. The molecule has 0 aliphatic heterocycles. The van der Waals surface area contributed by atoms with Crippen molar-refractivity contribution in [3.05, 3.63) is 110 Å². The van der Waals surface area contributed by atoms with Crippen LogP contribution in [0.5, 0.6) is 0 Å². The monoisotopic (exact) mass is 634 g/mol. The third-order valence-corrected chi connectivity index (χ3v) is 4.76. The Balaban J connectivity index is 0.000000161. The molecule has 0 bridgehead atoms. The first kappa shape index (κ1) is 23.8. The van der Waals surface area contributed by atoms with Crippen LogP contribution in [0.3, 0.4) is 0 Å². The minimum Gasteiger partial charge on any atom is -0.574 e. The summed E-state index contributed by atoms with van der Waals surface area (Å²) in [4.78, 5) is 17.3. The molecule has 6 aromatic rings. The van der Waals surface area contributed by atoms with E-state index >= 15 is 0 Å². The van der Waals surface area contributed by atoms with Gasteiger partial charge in [-0.15, -0.1) is 6.07 Å². The minimum atomic E-state index is 0. The quantitative estimate of drug-likeness (QED) is 0.267. The zero-order valence-electron chi connectivity index (χ0n) is 18.2. The van der Waals surface area contributed by atoms with Crippen LogP contribution in [-0.4, -0.2) is 30.1 Å². The van der Waals surface area contributed by atoms with E-state index in [4.69, 9.17) is 0 Å². The molecule has 8 nitrogen and oxygen atoms in total. The van der Waals surface area contributed by atoms with Crippen molar-refractivity contribution in [2.45, 2.75) is 0 Å². The maximum atomic E-state index is 4.45. The molecule has 0 saturated heterocycles. The molecule has 0 aliphatic rings. The molecule has 0 atom stereocenters. The molecule has 0 radical (unpaired) electrons. The Morgan fingerprint density at radius 3 is 1.49 bits per heavy atom. The largest absolute Gasteiger partial charge is 3.00 e. The van der Waals surface area contributed by atoms with Gasteiger partial charge in [0, 0.05) is 36.2 Å². The molecule has 0 saturated carbocycles. The molecule has 6 rings (SSSR count). The van der Waals surface area contributed by atoms with Crippen LogP contribution in [0.2, 0.25) is 0 Å². The van der Waals surface area contributed by atoms with E-state index in [-0.39, 0.29) is 20.1 Å². The van der Waals surface area contributed by atoms with Gasteiger partial charge in [0.25, 0.3) is 0 Å². The average molecular weight is 634 g/mol. The van der Waals surface area contributed by atoms with E-state index in [1.54, 1.807) is 37.2 Å². The van der Waals surface area contributed by atoms with Crippen LogP contribution < -0.4 is 10.2 Å². The molecule has 35 heavy (non-hydrogen) atoms. The van der Waals surface area contributed by atoms with Crippen molar-refractivity contribution >= 4 is 0 Å². The van der Waals surface area contributed by atoms with Crippen molar-refractivity contribution in [1.29, 1.82) is 0 Å². The number of hydrogen-bond acceptors (Lipinski definition) is 6. The second-order valence-electron chi connectivity index (χ2n) is 7.03. The van der Waals surface area contributed by atoms with Gasteiger partial charge < -0.3 is 25.4 Å². The molecule has 9 heteroatoms. The Kier molecular flexibility index (Phi) is 7.96. The van der Waals surface area contributed by atoms with Crippen molar-refractivity contribution in [3.8, 4) is 45.3 Å². The van der Waals surface area contributed by atoms with Gasteiger partial charge in [0.15, 0.2) is 0 Å². The van der Waals surface area contributed by atoms with Crippen LogP contribution in [0.15, 0.2) is 104 Å². The average Bonchev–Trinajstić information content (AvgIpc) is 3.66. The van der Waals surface area contributed by atoms with Gasteiger partial charge >= 0.3 is 20.1 Å². The molecule has 0 amide bonds. The molecular weight excluding hydrogens is 617 g/mol. The number of rotatable bonds is 4. The molecule has 6 heterocycles. The van der Waals surface area contributed by atoms with E-state index in [0.29, 0.717) is 0 Å². The predicted octanol–water partition coefficient (Wildman–Crippen LogP) is 4.12. The van der Waals surface area contributed by atoms with E-state index in [1.165, 1.54) is 0 Å². The number of pyridine rings is 4. The molecule has 0 aliphatic carbocycles. The predicted molar refractivity (Wildman–Crippen MR) is 127 cm³/mol. The zero-order chi connectivity index (χ0) is 23.0. The fraction of sp³-hybridized carbons (Fsp3) is 0. The number of nitrogens with zero attached hydrogens (tertiary/aromatic N) is 8. The summed E-state index contributed by atoms with van der Waals surface area (Å²) in [6.45, 7) is 0. The minimum absolute atomic E-state index is 0. The van der Waals surface area contributed by atoms with Crippen molar-refractivity contribution in [2.24, 2.45) is 0 Å². The fourth-order valence-corrected chi connectivity index (χ4v) is 3.16. The summed E-state index contributed by atoms with van der Waals surface area (Å²) in [5, 5.41) is 15.5. The fourth-order valence-electron chi connectivity index (χ4n) is 3.16. The second-order valence-corrected chi connectivity index (χ2v) is 7.03. The summed E-state index contributed by atoms with van der Waals surface area (Å²) in [6, 6.07) is 24.2. The molecule has 0 fully saturated rings. The Morgan fingerprint density at radius 2 is 1.06 bits per heavy atom. The third kappa shape index (κ3) is 5.97. The summed E-state index contributed by atoms with van der Waals surface area (Å²) in [5.41, 5.74) is 6.58. The van der Waals surface area contributed by atoms with E-state index in [9.17, 15) is 0 Å². The summed E-state index contributed by atoms with van der Waals surface area (Å²) in [6.07, 6.45) is 10.3. The first-order chi connectivity index (χ1) is 16.9. The number of aromatic nitrogens is 8. The molecule has 0 spiro atoms.